The van der Waals surface area contributed by atoms with Crippen molar-refractivity contribution in [2.45, 2.75) is 25.0 Å². The zero-order chi connectivity index (χ0) is 13.6. The number of thioether (sulfide) groups is 1. The summed E-state index contributed by atoms with van der Waals surface area (Å²) in [5.41, 5.74) is 0. The van der Waals surface area contributed by atoms with Gasteiger partial charge in [-0.05, 0) is 18.8 Å². The summed E-state index contributed by atoms with van der Waals surface area (Å²) < 4.78 is 22.5. The van der Waals surface area contributed by atoms with Gasteiger partial charge >= 0.3 is 0 Å². The molecule has 0 spiro atoms. The molecule has 2 N–H and O–H groups in total. The van der Waals surface area contributed by atoms with Gasteiger partial charge in [0.05, 0.1) is 17.3 Å². The third-order valence-electron chi connectivity index (χ3n) is 2.91. The molecule has 0 bridgehead atoms. The second kappa shape index (κ2) is 7.35. The lowest BCUT2D eigenvalue weighted by Crippen LogP contribution is -2.30. The first-order chi connectivity index (χ1) is 8.43. The van der Waals surface area contributed by atoms with Crippen LogP contribution in [0.4, 0.5) is 0 Å². The second-order valence-corrected chi connectivity index (χ2v) is 8.27. The number of aliphatic hydroxyl groups is 1. The molecule has 0 saturated carbocycles. The highest BCUT2D eigenvalue weighted by atomic mass is 32.2. The molecule has 0 aromatic carbocycles. The smallest absolute Gasteiger partial charge is 0.230 e. The first-order valence-corrected chi connectivity index (χ1v) is 8.99. The van der Waals surface area contributed by atoms with Gasteiger partial charge in [0, 0.05) is 18.4 Å². The Morgan fingerprint density at radius 3 is 2.83 bits per heavy atom. The molecule has 2 atom stereocenters. The Hall–Kier alpha value is -0.270. The summed E-state index contributed by atoms with van der Waals surface area (Å²) >= 11 is 1.42. The van der Waals surface area contributed by atoms with E-state index in [2.05, 4.69) is 5.32 Å². The molecule has 0 radical (unpaired) electrons. The number of aliphatic hydroxyl groups excluding tert-OH is 1. The van der Waals surface area contributed by atoms with Crippen LogP contribution in [-0.2, 0) is 14.6 Å². The van der Waals surface area contributed by atoms with E-state index in [1.54, 1.807) is 0 Å². The van der Waals surface area contributed by atoms with Gasteiger partial charge in [-0.2, -0.15) is 0 Å². The molecule has 1 saturated heterocycles. The van der Waals surface area contributed by atoms with E-state index in [0.717, 1.165) is 0 Å². The van der Waals surface area contributed by atoms with Crippen LogP contribution in [0.15, 0.2) is 0 Å². The fourth-order valence-corrected chi connectivity index (χ4v) is 5.22. The molecule has 1 heterocycles. The van der Waals surface area contributed by atoms with Gasteiger partial charge in [-0.25, -0.2) is 8.42 Å². The summed E-state index contributed by atoms with van der Waals surface area (Å²) in [7, 11) is -2.86. The highest BCUT2D eigenvalue weighted by Crippen LogP contribution is 2.23. The number of rotatable bonds is 7. The van der Waals surface area contributed by atoms with Crippen LogP contribution in [0.3, 0.4) is 0 Å². The maximum absolute atomic E-state index is 11.5. The summed E-state index contributed by atoms with van der Waals surface area (Å²) in [6.45, 7) is 2.65. The lowest BCUT2D eigenvalue weighted by molar-refractivity contribution is -0.118. The average molecular weight is 295 g/mol. The topological polar surface area (TPSA) is 83.5 Å². The van der Waals surface area contributed by atoms with Crippen molar-refractivity contribution in [1.29, 1.82) is 0 Å². The molecule has 106 valence electrons. The highest BCUT2D eigenvalue weighted by Gasteiger charge is 2.28. The Balaban J connectivity index is 2.14. The van der Waals surface area contributed by atoms with Crippen LogP contribution >= 0.6 is 11.8 Å². The molecule has 1 aliphatic rings. The van der Waals surface area contributed by atoms with Gasteiger partial charge in [0.2, 0.25) is 5.91 Å². The monoisotopic (exact) mass is 295 g/mol. The minimum absolute atomic E-state index is 0.0610. The summed E-state index contributed by atoms with van der Waals surface area (Å²) in [5, 5.41) is 11.6. The third-order valence-corrected chi connectivity index (χ3v) is 6.19. The molecule has 2 unspecified atom stereocenters. The minimum atomic E-state index is -2.86. The predicted molar refractivity (Wildman–Crippen MR) is 73.4 cm³/mol. The molecule has 1 fully saturated rings. The molecule has 1 amide bonds. The molecule has 7 heteroatoms. The molecular formula is C11H21NO4S2. The van der Waals surface area contributed by atoms with Crippen molar-refractivity contribution in [1.82, 2.24) is 5.32 Å². The van der Waals surface area contributed by atoms with Gasteiger partial charge < -0.3 is 10.4 Å². The quantitative estimate of drug-likeness (QED) is 0.693. The van der Waals surface area contributed by atoms with Gasteiger partial charge in [0.25, 0.3) is 0 Å². The van der Waals surface area contributed by atoms with Crippen LogP contribution < -0.4 is 5.32 Å². The molecule has 0 aliphatic carbocycles. The predicted octanol–water partition coefficient (Wildman–Crippen LogP) is 0.0414. The van der Waals surface area contributed by atoms with Crippen molar-refractivity contribution >= 4 is 27.5 Å². The number of carbonyl (C=O) groups excluding carboxylic acids is 1. The van der Waals surface area contributed by atoms with Crippen molar-refractivity contribution in [3.63, 3.8) is 0 Å². The summed E-state index contributed by atoms with van der Waals surface area (Å²) in [5.74, 6) is 0.961. The van der Waals surface area contributed by atoms with Crippen LogP contribution in [0.25, 0.3) is 0 Å². The molecule has 1 aliphatic heterocycles. The van der Waals surface area contributed by atoms with Crippen LogP contribution in [0.2, 0.25) is 0 Å². The van der Waals surface area contributed by atoms with Gasteiger partial charge in [-0.3, -0.25) is 4.79 Å². The summed E-state index contributed by atoms with van der Waals surface area (Å²) in [6.07, 6.45) is 1.33. The number of sulfone groups is 1. The van der Waals surface area contributed by atoms with Crippen LogP contribution in [0.5, 0.6) is 0 Å². The van der Waals surface area contributed by atoms with E-state index in [1.165, 1.54) is 11.8 Å². The third kappa shape index (κ3) is 6.06. The zero-order valence-corrected chi connectivity index (χ0v) is 12.2. The van der Waals surface area contributed by atoms with Gasteiger partial charge in [-0.15, -0.1) is 11.8 Å². The highest BCUT2D eigenvalue weighted by molar-refractivity contribution is 8.02. The maximum Gasteiger partial charge on any atom is 0.230 e. The van der Waals surface area contributed by atoms with Crippen LogP contribution in [0.1, 0.15) is 19.8 Å². The van der Waals surface area contributed by atoms with E-state index in [4.69, 9.17) is 5.11 Å². The number of hydrogen-bond donors (Lipinski definition) is 2. The average Bonchev–Trinajstić information content (AvgIpc) is 2.64. The van der Waals surface area contributed by atoms with E-state index in [9.17, 15) is 13.2 Å². The number of carbonyl (C=O) groups is 1. The SMILES string of the molecule is CC(CCO)CNC(=O)CSC1CCS(=O)(=O)C1. The number of nitrogens with one attached hydrogen (secondary N) is 1. The van der Waals surface area contributed by atoms with Gasteiger partial charge in [0.1, 0.15) is 0 Å². The van der Waals surface area contributed by atoms with E-state index in [1.807, 2.05) is 6.92 Å². The standard InChI is InChI=1S/C11H21NO4S2/c1-9(2-4-13)6-12-11(14)7-17-10-3-5-18(15,16)8-10/h9-10,13H,2-8H2,1H3,(H,12,14). The van der Waals surface area contributed by atoms with Crippen molar-refractivity contribution in [2.75, 3.05) is 30.4 Å². The number of hydrogen-bond acceptors (Lipinski definition) is 5. The van der Waals surface area contributed by atoms with Crippen molar-refractivity contribution in [3.8, 4) is 0 Å². The van der Waals surface area contributed by atoms with E-state index < -0.39 is 9.84 Å². The molecule has 1 rings (SSSR count). The Bertz CT molecular complexity index is 369. The van der Waals surface area contributed by atoms with E-state index in [-0.39, 0.29) is 35.2 Å². The largest absolute Gasteiger partial charge is 0.396 e. The second-order valence-electron chi connectivity index (χ2n) is 4.76. The minimum Gasteiger partial charge on any atom is -0.396 e. The van der Waals surface area contributed by atoms with Crippen molar-refractivity contribution in [2.24, 2.45) is 5.92 Å². The Labute approximate surface area is 113 Å². The molecule has 5 nitrogen and oxygen atoms in total. The molecular weight excluding hydrogens is 274 g/mol. The fourth-order valence-electron chi connectivity index (χ4n) is 1.75. The maximum atomic E-state index is 11.5. The summed E-state index contributed by atoms with van der Waals surface area (Å²) in [4.78, 5) is 11.5. The van der Waals surface area contributed by atoms with E-state index >= 15 is 0 Å². The molecule has 0 aromatic rings. The van der Waals surface area contributed by atoms with E-state index in [0.29, 0.717) is 25.1 Å². The Morgan fingerprint density at radius 1 is 1.56 bits per heavy atom. The van der Waals surface area contributed by atoms with Crippen LogP contribution in [-0.4, -0.2) is 55.1 Å². The Morgan fingerprint density at radius 2 is 2.28 bits per heavy atom. The molecule has 18 heavy (non-hydrogen) atoms. The Kier molecular flexibility index (Phi) is 6.45. The van der Waals surface area contributed by atoms with Gasteiger partial charge in [0.15, 0.2) is 9.84 Å². The van der Waals surface area contributed by atoms with Crippen molar-refractivity contribution in [3.05, 3.63) is 0 Å². The van der Waals surface area contributed by atoms with Crippen molar-refractivity contribution < 1.29 is 18.3 Å². The molecule has 0 aromatic heterocycles. The van der Waals surface area contributed by atoms with Crippen LogP contribution in [0, 0.1) is 5.92 Å². The first kappa shape index (κ1) is 15.8. The fraction of sp³-hybridized carbons (Fsp3) is 0.909. The zero-order valence-electron chi connectivity index (χ0n) is 10.6. The normalized spacial score (nSPS) is 23.8. The lowest BCUT2D eigenvalue weighted by atomic mass is 10.1. The lowest BCUT2D eigenvalue weighted by Gasteiger charge is -2.12. The first-order valence-electron chi connectivity index (χ1n) is 6.12. The number of amides is 1. The summed E-state index contributed by atoms with van der Waals surface area (Å²) in [6, 6.07) is 0. The van der Waals surface area contributed by atoms with Gasteiger partial charge in [-0.1, -0.05) is 6.92 Å².